The summed E-state index contributed by atoms with van der Waals surface area (Å²) in [7, 11) is 1.39. The van der Waals surface area contributed by atoms with Gasteiger partial charge in [0, 0.05) is 17.5 Å². The van der Waals surface area contributed by atoms with Crippen LogP contribution in [-0.4, -0.2) is 23.0 Å². The standard InChI is InChI=1S/C16H16N2O3/c1-21-16(20)11-7-8-12-13(9-11)17-14(18-15(12)19)10-5-3-2-4-6-10/h2-6,11H,7-9H2,1H3,(H,17,18,19). The summed E-state index contributed by atoms with van der Waals surface area (Å²) in [5, 5.41) is 0. The van der Waals surface area contributed by atoms with Crippen LogP contribution in [0.1, 0.15) is 17.7 Å². The van der Waals surface area contributed by atoms with Crippen LogP contribution in [0.4, 0.5) is 0 Å². The largest absolute Gasteiger partial charge is 0.469 e. The molecule has 1 aliphatic carbocycles. The van der Waals surface area contributed by atoms with Crippen LogP contribution < -0.4 is 5.56 Å². The SMILES string of the molecule is COC(=O)C1CCc2c(nc(-c3ccccc3)[nH]c2=O)C1. The molecule has 1 unspecified atom stereocenters. The van der Waals surface area contributed by atoms with Crippen molar-refractivity contribution in [2.75, 3.05) is 7.11 Å². The zero-order valence-corrected chi connectivity index (χ0v) is 11.8. The number of carbonyl (C=O) groups is 1. The number of methoxy groups -OCH3 is 1. The molecule has 0 aliphatic heterocycles. The molecule has 108 valence electrons. The number of aromatic nitrogens is 2. The normalized spacial score (nSPS) is 17.1. The maximum Gasteiger partial charge on any atom is 0.309 e. The van der Waals surface area contributed by atoms with Crippen molar-refractivity contribution in [3.8, 4) is 11.4 Å². The van der Waals surface area contributed by atoms with Crippen LogP contribution >= 0.6 is 0 Å². The third kappa shape index (κ3) is 2.59. The summed E-state index contributed by atoms with van der Waals surface area (Å²) in [4.78, 5) is 31.2. The van der Waals surface area contributed by atoms with E-state index in [9.17, 15) is 9.59 Å². The molecule has 3 rings (SSSR count). The van der Waals surface area contributed by atoms with Crippen LogP contribution in [0, 0.1) is 5.92 Å². The van der Waals surface area contributed by atoms with Crippen molar-refractivity contribution in [3.05, 3.63) is 51.9 Å². The molecule has 1 aromatic heterocycles. The molecule has 0 bridgehead atoms. The Labute approximate surface area is 122 Å². The summed E-state index contributed by atoms with van der Waals surface area (Å²) in [6.45, 7) is 0. The molecule has 0 saturated carbocycles. The molecule has 0 amide bonds. The zero-order chi connectivity index (χ0) is 14.8. The third-order valence-corrected chi connectivity index (χ3v) is 3.87. The molecule has 1 atom stereocenters. The Kier molecular flexibility index (Phi) is 3.56. The lowest BCUT2D eigenvalue weighted by Gasteiger charge is -2.21. The number of aromatic amines is 1. The van der Waals surface area contributed by atoms with Crippen molar-refractivity contribution < 1.29 is 9.53 Å². The van der Waals surface area contributed by atoms with Gasteiger partial charge in [0.2, 0.25) is 0 Å². The van der Waals surface area contributed by atoms with Crippen LogP contribution in [-0.2, 0) is 22.4 Å². The van der Waals surface area contributed by atoms with Gasteiger partial charge in [0.05, 0.1) is 18.7 Å². The number of hydrogen-bond donors (Lipinski definition) is 1. The average Bonchev–Trinajstić information content (AvgIpc) is 2.54. The second-order valence-electron chi connectivity index (χ2n) is 5.17. The highest BCUT2D eigenvalue weighted by atomic mass is 16.5. The molecule has 1 N–H and O–H groups in total. The minimum Gasteiger partial charge on any atom is -0.469 e. The molecule has 5 nitrogen and oxygen atoms in total. The Morgan fingerprint density at radius 3 is 2.81 bits per heavy atom. The fraction of sp³-hybridized carbons (Fsp3) is 0.312. The molecule has 0 spiro atoms. The highest BCUT2D eigenvalue weighted by Gasteiger charge is 2.28. The summed E-state index contributed by atoms with van der Waals surface area (Å²) < 4.78 is 4.80. The van der Waals surface area contributed by atoms with Crippen LogP contribution in [0.25, 0.3) is 11.4 Å². The highest BCUT2D eigenvalue weighted by Crippen LogP contribution is 2.24. The number of esters is 1. The minimum absolute atomic E-state index is 0.109. The van der Waals surface area contributed by atoms with E-state index in [1.165, 1.54) is 7.11 Å². The van der Waals surface area contributed by atoms with Gasteiger partial charge in [0.15, 0.2) is 0 Å². The lowest BCUT2D eigenvalue weighted by atomic mass is 9.87. The van der Waals surface area contributed by atoms with Gasteiger partial charge in [-0.15, -0.1) is 0 Å². The average molecular weight is 284 g/mol. The van der Waals surface area contributed by atoms with Crippen molar-refractivity contribution in [1.82, 2.24) is 9.97 Å². The van der Waals surface area contributed by atoms with Crippen molar-refractivity contribution in [2.45, 2.75) is 19.3 Å². The predicted molar refractivity (Wildman–Crippen MR) is 77.8 cm³/mol. The molecule has 5 heteroatoms. The summed E-state index contributed by atoms with van der Waals surface area (Å²) in [6.07, 6.45) is 1.66. The number of nitrogens with one attached hydrogen (secondary N) is 1. The maximum atomic E-state index is 12.2. The minimum atomic E-state index is -0.232. The Morgan fingerprint density at radius 2 is 2.10 bits per heavy atom. The first-order chi connectivity index (χ1) is 10.2. The summed E-state index contributed by atoms with van der Waals surface area (Å²) in [5.74, 6) is 0.106. The number of benzene rings is 1. The monoisotopic (exact) mass is 284 g/mol. The van der Waals surface area contributed by atoms with E-state index in [4.69, 9.17) is 4.74 Å². The molecule has 2 aromatic rings. The van der Waals surface area contributed by atoms with E-state index in [0.29, 0.717) is 36.3 Å². The quantitative estimate of drug-likeness (QED) is 0.852. The van der Waals surface area contributed by atoms with Crippen LogP contribution in [0.15, 0.2) is 35.1 Å². The van der Waals surface area contributed by atoms with E-state index in [1.807, 2.05) is 30.3 Å². The molecule has 0 fully saturated rings. The lowest BCUT2D eigenvalue weighted by molar-refractivity contribution is -0.145. The van der Waals surface area contributed by atoms with Crippen molar-refractivity contribution >= 4 is 5.97 Å². The lowest BCUT2D eigenvalue weighted by Crippen LogP contribution is -2.29. The number of nitrogens with zero attached hydrogens (tertiary/aromatic N) is 1. The Bertz CT molecular complexity index is 722. The first-order valence-electron chi connectivity index (χ1n) is 6.94. The molecule has 1 heterocycles. The molecular formula is C16H16N2O3. The molecular weight excluding hydrogens is 268 g/mol. The Hall–Kier alpha value is -2.43. The van der Waals surface area contributed by atoms with Crippen molar-refractivity contribution in [2.24, 2.45) is 5.92 Å². The topological polar surface area (TPSA) is 72.0 Å². The molecule has 1 aromatic carbocycles. The molecule has 0 radical (unpaired) electrons. The van der Waals surface area contributed by atoms with E-state index in [1.54, 1.807) is 0 Å². The zero-order valence-electron chi connectivity index (χ0n) is 11.8. The number of carbonyl (C=O) groups excluding carboxylic acids is 1. The van der Waals surface area contributed by atoms with Gasteiger partial charge in [0.1, 0.15) is 5.82 Å². The van der Waals surface area contributed by atoms with Gasteiger partial charge in [0.25, 0.3) is 5.56 Å². The number of rotatable bonds is 2. The van der Waals surface area contributed by atoms with Crippen LogP contribution in [0.2, 0.25) is 0 Å². The van der Waals surface area contributed by atoms with Gasteiger partial charge in [-0.1, -0.05) is 30.3 Å². The smallest absolute Gasteiger partial charge is 0.309 e. The number of H-pyrrole nitrogens is 1. The van der Waals surface area contributed by atoms with E-state index in [-0.39, 0.29) is 17.4 Å². The predicted octanol–water partition coefficient (Wildman–Crippen LogP) is 1.71. The fourth-order valence-electron chi connectivity index (χ4n) is 2.73. The second-order valence-corrected chi connectivity index (χ2v) is 5.17. The van der Waals surface area contributed by atoms with E-state index >= 15 is 0 Å². The summed E-state index contributed by atoms with van der Waals surface area (Å²) >= 11 is 0. The summed E-state index contributed by atoms with van der Waals surface area (Å²) in [5.41, 5.74) is 2.15. The van der Waals surface area contributed by atoms with E-state index in [2.05, 4.69) is 9.97 Å². The number of hydrogen-bond acceptors (Lipinski definition) is 4. The highest BCUT2D eigenvalue weighted by molar-refractivity contribution is 5.73. The van der Waals surface area contributed by atoms with Crippen LogP contribution in [0.5, 0.6) is 0 Å². The Balaban J connectivity index is 2.01. The fourth-order valence-corrected chi connectivity index (χ4v) is 2.73. The molecule has 1 aliphatic rings. The maximum absolute atomic E-state index is 12.2. The van der Waals surface area contributed by atoms with Crippen molar-refractivity contribution in [1.29, 1.82) is 0 Å². The number of ether oxygens (including phenoxy) is 1. The van der Waals surface area contributed by atoms with Gasteiger partial charge in [-0.2, -0.15) is 0 Å². The van der Waals surface area contributed by atoms with E-state index in [0.717, 1.165) is 5.56 Å². The number of fused-ring (bicyclic) bond motifs is 1. The van der Waals surface area contributed by atoms with Gasteiger partial charge in [-0.3, -0.25) is 9.59 Å². The third-order valence-electron chi connectivity index (χ3n) is 3.87. The van der Waals surface area contributed by atoms with Gasteiger partial charge >= 0.3 is 5.97 Å². The first kappa shape index (κ1) is 13.5. The molecule has 0 saturated heterocycles. The van der Waals surface area contributed by atoms with Gasteiger partial charge in [-0.05, 0) is 12.8 Å². The van der Waals surface area contributed by atoms with Crippen LogP contribution in [0.3, 0.4) is 0 Å². The van der Waals surface area contributed by atoms with Gasteiger partial charge < -0.3 is 9.72 Å². The van der Waals surface area contributed by atoms with E-state index < -0.39 is 0 Å². The molecule has 21 heavy (non-hydrogen) atoms. The summed E-state index contributed by atoms with van der Waals surface area (Å²) in [6, 6.07) is 9.49. The second kappa shape index (κ2) is 5.52. The Morgan fingerprint density at radius 1 is 1.33 bits per heavy atom. The van der Waals surface area contributed by atoms with Crippen molar-refractivity contribution in [3.63, 3.8) is 0 Å². The first-order valence-corrected chi connectivity index (χ1v) is 6.94. The van der Waals surface area contributed by atoms with Gasteiger partial charge in [-0.25, -0.2) is 4.98 Å².